The molecule has 1 fully saturated rings. The van der Waals surface area contributed by atoms with E-state index in [0.29, 0.717) is 37.4 Å². The molecule has 1 aliphatic heterocycles. The number of carbonyl (C=O) groups is 1. The normalized spacial score (nSPS) is 15.9. The molecule has 1 N–H and O–H groups in total. The summed E-state index contributed by atoms with van der Waals surface area (Å²) >= 11 is 0. The Morgan fingerprint density at radius 2 is 2.00 bits per heavy atom. The van der Waals surface area contributed by atoms with E-state index in [-0.39, 0.29) is 18.3 Å². The van der Waals surface area contributed by atoms with Crippen LogP contribution in [0.1, 0.15) is 12.5 Å². The lowest BCUT2D eigenvalue weighted by Crippen LogP contribution is -2.48. The molecule has 1 amide bonds. The summed E-state index contributed by atoms with van der Waals surface area (Å²) in [6, 6.07) is 5.02. The van der Waals surface area contributed by atoms with Crippen LogP contribution < -0.4 is 4.90 Å². The number of carbonyl (C=O) groups excluding carboxylic acids is 1. The number of aliphatic hydroxyl groups is 1. The third kappa shape index (κ3) is 2.46. The quantitative estimate of drug-likeness (QED) is 0.853. The van der Waals surface area contributed by atoms with Crippen LogP contribution in [0.3, 0.4) is 0 Å². The SMILES string of the molecule is CC(=O)N1CCN(c2cccc(CO)c2F)CC1. The minimum atomic E-state index is -0.365. The van der Waals surface area contributed by atoms with Crippen molar-refractivity contribution in [3.8, 4) is 0 Å². The number of anilines is 1. The molecule has 1 aromatic rings. The van der Waals surface area contributed by atoms with E-state index in [0.717, 1.165) is 0 Å². The number of aliphatic hydroxyl groups excluding tert-OH is 1. The maximum Gasteiger partial charge on any atom is 0.219 e. The number of nitrogens with zero attached hydrogens (tertiary/aromatic N) is 2. The highest BCUT2D eigenvalue weighted by Crippen LogP contribution is 2.23. The lowest BCUT2D eigenvalue weighted by Gasteiger charge is -2.35. The molecule has 1 saturated heterocycles. The van der Waals surface area contributed by atoms with Crippen molar-refractivity contribution < 1.29 is 14.3 Å². The van der Waals surface area contributed by atoms with Crippen LogP contribution in [0.15, 0.2) is 18.2 Å². The average Bonchev–Trinajstić information content (AvgIpc) is 2.39. The van der Waals surface area contributed by atoms with Gasteiger partial charge in [0.1, 0.15) is 0 Å². The van der Waals surface area contributed by atoms with E-state index in [9.17, 15) is 9.18 Å². The molecule has 0 unspecified atom stereocenters. The molecule has 0 saturated carbocycles. The first-order valence-electron chi connectivity index (χ1n) is 6.02. The predicted octanol–water partition coefficient (Wildman–Crippen LogP) is 0.987. The zero-order chi connectivity index (χ0) is 13.1. The fourth-order valence-corrected chi connectivity index (χ4v) is 2.19. The van der Waals surface area contributed by atoms with Crippen LogP contribution in [0.4, 0.5) is 10.1 Å². The number of piperazine rings is 1. The maximum absolute atomic E-state index is 14.0. The van der Waals surface area contributed by atoms with E-state index in [1.165, 1.54) is 0 Å². The van der Waals surface area contributed by atoms with Crippen molar-refractivity contribution >= 4 is 11.6 Å². The largest absolute Gasteiger partial charge is 0.392 e. The molecule has 98 valence electrons. The summed E-state index contributed by atoms with van der Waals surface area (Å²) in [6.07, 6.45) is 0. The van der Waals surface area contributed by atoms with Gasteiger partial charge in [0.2, 0.25) is 5.91 Å². The first-order valence-corrected chi connectivity index (χ1v) is 6.02. The molecule has 1 aliphatic rings. The second-order valence-electron chi connectivity index (χ2n) is 4.40. The highest BCUT2D eigenvalue weighted by molar-refractivity contribution is 5.73. The van der Waals surface area contributed by atoms with Crippen molar-refractivity contribution in [1.29, 1.82) is 0 Å². The smallest absolute Gasteiger partial charge is 0.219 e. The van der Waals surface area contributed by atoms with Crippen LogP contribution in [-0.2, 0) is 11.4 Å². The molecule has 1 heterocycles. The van der Waals surface area contributed by atoms with E-state index in [4.69, 9.17) is 5.11 Å². The third-order valence-corrected chi connectivity index (χ3v) is 3.29. The Balaban J connectivity index is 2.12. The lowest BCUT2D eigenvalue weighted by atomic mass is 10.1. The topological polar surface area (TPSA) is 43.8 Å². The minimum absolute atomic E-state index is 0.0548. The van der Waals surface area contributed by atoms with Crippen molar-refractivity contribution in [2.45, 2.75) is 13.5 Å². The molecule has 2 rings (SSSR count). The Bertz CT molecular complexity index is 443. The fourth-order valence-electron chi connectivity index (χ4n) is 2.19. The zero-order valence-corrected chi connectivity index (χ0v) is 10.4. The van der Waals surface area contributed by atoms with Crippen molar-refractivity contribution in [2.75, 3.05) is 31.1 Å². The van der Waals surface area contributed by atoms with Crippen molar-refractivity contribution in [3.05, 3.63) is 29.6 Å². The van der Waals surface area contributed by atoms with Gasteiger partial charge in [0.15, 0.2) is 5.82 Å². The molecule has 5 heteroatoms. The number of rotatable bonds is 2. The molecule has 4 nitrogen and oxygen atoms in total. The van der Waals surface area contributed by atoms with Crippen LogP contribution in [0.5, 0.6) is 0 Å². The predicted molar refractivity (Wildman–Crippen MR) is 66.8 cm³/mol. The molecule has 0 spiro atoms. The van der Waals surface area contributed by atoms with Gasteiger partial charge in [-0.3, -0.25) is 4.79 Å². The summed E-state index contributed by atoms with van der Waals surface area (Å²) in [5, 5.41) is 9.04. The van der Waals surface area contributed by atoms with Gasteiger partial charge in [-0.15, -0.1) is 0 Å². The fraction of sp³-hybridized carbons (Fsp3) is 0.462. The Morgan fingerprint density at radius 3 is 2.56 bits per heavy atom. The summed E-state index contributed by atoms with van der Waals surface area (Å²) in [6.45, 7) is 3.70. The van der Waals surface area contributed by atoms with Crippen molar-refractivity contribution in [3.63, 3.8) is 0 Å². The summed E-state index contributed by atoms with van der Waals surface area (Å²) in [5.41, 5.74) is 0.811. The third-order valence-electron chi connectivity index (χ3n) is 3.29. The van der Waals surface area contributed by atoms with Crippen LogP contribution in [0.25, 0.3) is 0 Å². The number of amides is 1. The number of hydrogen-bond acceptors (Lipinski definition) is 3. The maximum atomic E-state index is 14.0. The summed E-state index contributed by atoms with van der Waals surface area (Å²) in [5.74, 6) is -0.310. The van der Waals surface area contributed by atoms with Crippen molar-refractivity contribution in [1.82, 2.24) is 4.90 Å². The molecular formula is C13H17FN2O2. The van der Waals surface area contributed by atoms with Crippen LogP contribution in [0.2, 0.25) is 0 Å². The first-order chi connectivity index (χ1) is 8.63. The number of benzene rings is 1. The van der Waals surface area contributed by atoms with Crippen LogP contribution in [-0.4, -0.2) is 42.1 Å². The molecule has 0 atom stereocenters. The van der Waals surface area contributed by atoms with Gasteiger partial charge in [-0.1, -0.05) is 12.1 Å². The molecule has 0 aliphatic carbocycles. The standard InChI is InChI=1S/C13H17FN2O2/c1-10(18)15-5-7-16(8-6-15)12-4-2-3-11(9-17)13(12)14/h2-4,17H,5-9H2,1H3. The summed E-state index contributed by atoms with van der Waals surface area (Å²) in [7, 11) is 0. The molecule has 18 heavy (non-hydrogen) atoms. The van der Waals surface area contributed by atoms with Gasteiger partial charge in [0.05, 0.1) is 12.3 Å². The van der Waals surface area contributed by atoms with Gasteiger partial charge in [0.25, 0.3) is 0 Å². The van der Waals surface area contributed by atoms with Gasteiger partial charge in [-0.25, -0.2) is 4.39 Å². The first kappa shape index (κ1) is 12.8. The van der Waals surface area contributed by atoms with Crippen LogP contribution in [0, 0.1) is 5.82 Å². The Kier molecular flexibility index (Phi) is 3.81. The minimum Gasteiger partial charge on any atom is -0.392 e. The monoisotopic (exact) mass is 252 g/mol. The van der Waals surface area contributed by atoms with Crippen molar-refractivity contribution in [2.24, 2.45) is 0 Å². The molecular weight excluding hydrogens is 235 g/mol. The number of halogens is 1. The second-order valence-corrected chi connectivity index (χ2v) is 4.40. The Morgan fingerprint density at radius 1 is 1.33 bits per heavy atom. The van der Waals surface area contributed by atoms with E-state index in [2.05, 4.69) is 0 Å². The van der Waals surface area contributed by atoms with E-state index < -0.39 is 0 Å². The Hall–Kier alpha value is -1.62. The number of hydrogen-bond donors (Lipinski definition) is 1. The van der Waals surface area contributed by atoms with Gasteiger partial charge in [-0.05, 0) is 6.07 Å². The molecule has 0 aromatic heterocycles. The highest BCUT2D eigenvalue weighted by atomic mass is 19.1. The molecule has 1 aromatic carbocycles. The van der Waals surface area contributed by atoms with Crippen LogP contribution >= 0.6 is 0 Å². The van der Waals surface area contributed by atoms with E-state index in [1.807, 2.05) is 4.90 Å². The van der Waals surface area contributed by atoms with Gasteiger partial charge < -0.3 is 14.9 Å². The Labute approximate surface area is 106 Å². The summed E-state index contributed by atoms with van der Waals surface area (Å²) in [4.78, 5) is 14.9. The van der Waals surface area contributed by atoms with Gasteiger partial charge >= 0.3 is 0 Å². The summed E-state index contributed by atoms with van der Waals surface area (Å²) < 4.78 is 14.0. The van der Waals surface area contributed by atoms with Gasteiger partial charge in [-0.2, -0.15) is 0 Å². The van der Waals surface area contributed by atoms with Gasteiger partial charge in [0, 0.05) is 38.7 Å². The lowest BCUT2D eigenvalue weighted by molar-refractivity contribution is -0.129. The van der Waals surface area contributed by atoms with E-state index >= 15 is 0 Å². The zero-order valence-electron chi connectivity index (χ0n) is 10.4. The molecule has 0 radical (unpaired) electrons. The highest BCUT2D eigenvalue weighted by Gasteiger charge is 2.21. The second kappa shape index (κ2) is 5.35. The molecule has 0 bridgehead atoms. The van der Waals surface area contributed by atoms with E-state index in [1.54, 1.807) is 30.0 Å². The average molecular weight is 252 g/mol.